The summed E-state index contributed by atoms with van der Waals surface area (Å²) in [6.07, 6.45) is 1.42. The van der Waals surface area contributed by atoms with Crippen molar-refractivity contribution in [1.82, 2.24) is 5.43 Å². The average Bonchev–Trinajstić information content (AvgIpc) is 2.64. The monoisotopic (exact) mass is 377 g/mol. The first-order chi connectivity index (χ1) is 12.5. The van der Waals surface area contributed by atoms with E-state index in [9.17, 15) is 9.90 Å². The Morgan fingerprint density at radius 1 is 1.31 bits per heavy atom. The Labute approximate surface area is 156 Å². The van der Waals surface area contributed by atoms with Gasteiger partial charge in [0.2, 0.25) is 0 Å². The minimum atomic E-state index is -0.313. The number of hydrogen-bond donors (Lipinski definition) is 3. The first-order valence-electron chi connectivity index (χ1n) is 7.88. The van der Waals surface area contributed by atoms with Crippen molar-refractivity contribution in [2.24, 2.45) is 5.10 Å². The molecule has 0 bridgehead atoms. The molecule has 2 aromatic rings. The summed E-state index contributed by atoms with van der Waals surface area (Å²) in [6, 6.07) is 10.3. The van der Waals surface area contributed by atoms with Crippen LogP contribution in [0.15, 0.2) is 41.5 Å². The number of nitrogens with zero attached hydrogens (tertiary/aromatic N) is 1. The SMILES string of the molecule is CCOc1cc(/C=N/NC(=O)CNc2ccc(OC)cc2)cc(Cl)c1O. The summed E-state index contributed by atoms with van der Waals surface area (Å²) in [5.41, 5.74) is 3.78. The van der Waals surface area contributed by atoms with E-state index in [2.05, 4.69) is 15.8 Å². The molecule has 0 heterocycles. The predicted octanol–water partition coefficient (Wildman–Crippen LogP) is 3.02. The topological polar surface area (TPSA) is 92.2 Å². The highest BCUT2D eigenvalue weighted by Gasteiger charge is 2.08. The van der Waals surface area contributed by atoms with Crippen LogP contribution in [0, 0.1) is 0 Å². The van der Waals surface area contributed by atoms with Crippen molar-refractivity contribution in [1.29, 1.82) is 0 Å². The number of hydrogen-bond acceptors (Lipinski definition) is 6. The van der Waals surface area contributed by atoms with E-state index in [1.807, 2.05) is 12.1 Å². The first kappa shape index (κ1) is 19.4. The Morgan fingerprint density at radius 2 is 2.04 bits per heavy atom. The number of phenolic OH excluding ortho intramolecular Hbond substituents is 1. The van der Waals surface area contributed by atoms with Crippen LogP contribution in [0.25, 0.3) is 0 Å². The molecule has 0 spiro atoms. The number of anilines is 1. The normalized spacial score (nSPS) is 10.6. The highest BCUT2D eigenvalue weighted by atomic mass is 35.5. The van der Waals surface area contributed by atoms with Crippen LogP contribution in [0.1, 0.15) is 12.5 Å². The van der Waals surface area contributed by atoms with E-state index >= 15 is 0 Å². The van der Waals surface area contributed by atoms with E-state index in [0.717, 1.165) is 11.4 Å². The van der Waals surface area contributed by atoms with Gasteiger partial charge in [-0.3, -0.25) is 4.79 Å². The Balaban J connectivity index is 1.88. The number of rotatable bonds is 8. The van der Waals surface area contributed by atoms with Gasteiger partial charge in [-0.05, 0) is 48.9 Å². The Morgan fingerprint density at radius 3 is 2.69 bits per heavy atom. The van der Waals surface area contributed by atoms with Gasteiger partial charge >= 0.3 is 0 Å². The van der Waals surface area contributed by atoms with E-state index < -0.39 is 0 Å². The lowest BCUT2D eigenvalue weighted by molar-refractivity contribution is -0.119. The van der Waals surface area contributed by atoms with Gasteiger partial charge in [-0.1, -0.05) is 11.6 Å². The first-order valence-corrected chi connectivity index (χ1v) is 8.26. The second-order valence-corrected chi connectivity index (χ2v) is 5.56. The number of benzene rings is 2. The summed E-state index contributed by atoms with van der Waals surface area (Å²) in [5, 5.41) is 16.8. The number of nitrogens with one attached hydrogen (secondary N) is 2. The van der Waals surface area contributed by atoms with E-state index in [4.69, 9.17) is 21.1 Å². The molecule has 3 N–H and O–H groups in total. The van der Waals surface area contributed by atoms with Gasteiger partial charge in [0.15, 0.2) is 11.5 Å². The Hall–Kier alpha value is -2.93. The fraction of sp³-hybridized carbons (Fsp3) is 0.222. The lowest BCUT2D eigenvalue weighted by Gasteiger charge is -2.08. The third-order valence-corrected chi connectivity index (χ3v) is 3.58. The van der Waals surface area contributed by atoms with E-state index in [-0.39, 0.29) is 29.0 Å². The molecular weight excluding hydrogens is 358 g/mol. The molecule has 0 aliphatic rings. The Bertz CT molecular complexity index is 779. The largest absolute Gasteiger partial charge is 0.503 e. The lowest BCUT2D eigenvalue weighted by atomic mass is 10.2. The molecular formula is C18H20ClN3O4. The van der Waals surface area contributed by atoms with Gasteiger partial charge in [-0.2, -0.15) is 5.10 Å². The summed E-state index contributed by atoms with van der Waals surface area (Å²) < 4.78 is 10.4. The highest BCUT2D eigenvalue weighted by molar-refractivity contribution is 6.32. The summed E-state index contributed by atoms with van der Waals surface area (Å²) in [4.78, 5) is 11.8. The fourth-order valence-corrected chi connectivity index (χ4v) is 2.26. The number of aromatic hydroxyl groups is 1. The van der Waals surface area contributed by atoms with Gasteiger partial charge in [0, 0.05) is 5.69 Å². The number of carbonyl (C=O) groups excluding carboxylic acids is 1. The van der Waals surface area contributed by atoms with Crippen LogP contribution < -0.4 is 20.2 Å². The van der Waals surface area contributed by atoms with Crippen LogP contribution in [0.2, 0.25) is 5.02 Å². The molecule has 0 aliphatic heterocycles. The number of halogens is 1. The van der Waals surface area contributed by atoms with Crippen LogP contribution in [-0.4, -0.2) is 37.5 Å². The molecule has 1 amide bonds. The minimum Gasteiger partial charge on any atom is -0.503 e. The molecule has 2 rings (SSSR count). The molecule has 26 heavy (non-hydrogen) atoms. The van der Waals surface area contributed by atoms with Gasteiger partial charge in [-0.15, -0.1) is 0 Å². The summed E-state index contributed by atoms with van der Waals surface area (Å²) in [6.45, 7) is 2.24. The van der Waals surface area contributed by atoms with Crippen molar-refractivity contribution in [3.05, 3.63) is 47.0 Å². The molecule has 0 fully saturated rings. The van der Waals surface area contributed by atoms with Crippen LogP contribution in [0.4, 0.5) is 5.69 Å². The fourth-order valence-electron chi connectivity index (χ4n) is 2.04. The summed E-state index contributed by atoms with van der Waals surface area (Å²) >= 11 is 5.94. The van der Waals surface area contributed by atoms with E-state index in [1.165, 1.54) is 12.3 Å². The van der Waals surface area contributed by atoms with Crippen LogP contribution in [-0.2, 0) is 4.79 Å². The Kier molecular flexibility index (Phi) is 7.11. The molecule has 0 unspecified atom stereocenters. The number of carbonyl (C=O) groups is 1. The summed E-state index contributed by atoms with van der Waals surface area (Å²) in [5.74, 6) is 0.558. The molecule has 0 saturated carbocycles. The second-order valence-electron chi connectivity index (χ2n) is 5.16. The number of ether oxygens (including phenoxy) is 2. The highest BCUT2D eigenvalue weighted by Crippen LogP contribution is 2.34. The zero-order chi connectivity index (χ0) is 18.9. The molecule has 0 aliphatic carbocycles. The third-order valence-electron chi connectivity index (χ3n) is 3.30. The smallest absolute Gasteiger partial charge is 0.259 e. The number of methoxy groups -OCH3 is 1. The molecule has 7 nitrogen and oxygen atoms in total. The number of phenols is 1. The van der Waals surface area contributed by atoms with Gasteiger partial charge in [0.05, 0.1) is 31.5 Å². The zero-order valence-electron chi connectivity index (χ0n) is 14.5. The van der Waals surface area contributed by atoms with Gasteiger partial charge in [0.1, 0.15) is 5.75 Å². The molecule has 0 atom stereocenters. The zero-order valence-corrected chi connectivity index (χ0v) is 15.2. The quantitative estimate of drug-likeness (QED) is 0.486. The van der Waals surface area contributed by atoms with Gasteiger partial charge in [0.25, 0.3) is 5.91 Å². The number of amides is 1. The molecule has 138 valence electrons. The average molecular weight is 378 g/mol. The second kappa shape index (κ2) is 9.53. The van der Waals surface area contributed by atoms with Gasteiger partial charge in [-0.25, -0.2) is 5.43 Å². The lowest BCUT2D eigenvalue weighted by Crippen LogP contribution is -2.25. The molecule has 0 aromatic heterocycles. The molecule has 0 saturated heterocycles. The van der Waals surface area contributed by atoms with Crippen LogP contribution in [0.5, 0.6) is 17.2 Å². The maximum atomic E-state index is 11.8. The minimum absolute atomic E-state index is 0.0597. The van der Waals surface area contributed by atoms with Crippen molar-refractivity contribution in [2.45, 2.75) is 6.92 Å². The summed E-state index contributed by atoms with van der Waals surface area (Å²) in [7, 11) is 1.59. The van der Waals surface area contributed by atoms with Crippen LogP contribution in [0.3, 0.4) is 0 Å². The molecule has 8 heteroatoms. The van der Waals surface area contributed by atoms with E-state index in [0.29, 0.717) is 12.2 Å². The van der Waals surface area contributed by atoms with Crippen molar-refractivity contribution in [3.63, 3.8) is 0 Å². The van der Waals surface area contributed by atoms with Gasteiger partial charge < -0.3 is 19.9 Å². The van der Waals surface area contributed by atoms with Crippen molar-refractivity contribution in [3.8, 4) is 17.2 Å². The van der Waals surface area contributed by atoms with Crippen molar-refractivity contribution < 1.29 is 19.4 Å². The van der Waals surface area contributed by atoms with E-state index in [1.54, 1.807) is 32.2 Å². The molecule has 2 aromatic carbocycles. The maximum absolute atomic E-state index is 11.8. The standard InChI is InChI=1S/C18H20ClN3O4/c1-3-26-16-9-12(8-15(19)18(16)24)10-21-22-17(23)11-20-13-4-6-14(25-2)7-5-13/h4-10,20,24H,3,11H2,1-2H3,(H,22,23)/b21-10+. The van der Waals surface area contributed by atoms with Crippen LogP contribution >= 0.6 is 11.6 Å². The predicted molar refractivity (Wildman–Crippen MR) is 102 cm³/mol. The molecule has 0 radical (unpaired) electrons. The maximum Gasteiger partial charge on any atom is 0.259 e. The van der Waals surface area contributed by atoms with Crippen molar-refractivity contribution >= 4 is 29.4 Å². The van der Waals surface area contributed by atoms with Crippen molar-refractivity contribution in [2.75, 3.05) is 25.6 Å². The third kappa shape index (κ3) is 5.56. The number of hydrazone groups is 1.